The second kappa shape index (κ2) is 8.32. The zero-order valence-electron chi connectivity index (χ0n) is 12.1. The minimum absolute atomic E-state index is 0.0197. The first-order valence-electron chi connectivity index (χ1n) is 6.82. The number of hydrogen-bond donors (Lipinski definition) is 2. The molecule has 0 heterocycles. The lowest BCUT2D eigenvalue weighted by Gasteiger charge is -2.18. The van der Waals surface area contributed by atoms with Gasteiger partial charge >= 0.3 is 5.97 Å². The number of benzene rings is 1. The van der Waals surface area contributed by atoms with Gasteiger partial charge < -0.3 is 15.3 Å². The number of amides is 1. The summed E-state index contributed by atoms with van der Waals surface area (Å²) in [7, 11) is 1.74. The molecule has 2 N–H and O–H groups in total. The Morgan fingerprint density at radius 1 is 1.30 bits per heavy atom. The maximum atomic E-state index is 11.8. The van der Waals surface area contributed by atoms with Crippen LogP contribution in [0, 0.1) is 0 Å². The van der Waals surface area contributed by atoms with Crippen LogP contribution in [0.4, 0.5) is 0 Å². The van der Waals surface area contributed by atoms with E-state index in [0.717, 1.165) is 18.5 Å². The van der Waals surface area contributed by atoms with Crippen LogP contribution in [-0.2, 0) is 11.2 Å². The molecule has 1 rings (SSSR count). The van der Waals surface area contributed by atoms with Crippen molar-refractivity contribution in [2.24, 2.45) is 0 Å². The van der Waals surface area contributed by atoms with Gasteiger partial charge in [0.15, 0.2) is 0 Å². The number of carboxylic acids is 1. The standard InChI is InChI=1S/C15H22N2O3/c1-3-9-16-11-14(18)17(2)10-8-12-6-4-5-7-13(12)15(19)20/h4-7,16H,3,8-11H2,1-2H3,(H,19,20). The zero-order valence-corrected chi connectivity index (χ0v) is 12.1. The Kier molecular flexibility index (Phi) is 6.73. The van der Waals surface area contributed by atoms with Crippen LogP contribution in [0.25, 0.3) is 0 Å². The van der Waals surface area contributed by atoms with Crippen molar-refractivity contribution in [2.45, 2.75) is 19.8 Å². The van der Waals surface area contributed by atoms with Gasteiger partial charge in [0, 0.05) is 13.6 Å². The lowest BCUT2D eigenvalue weighted by molar-refractivity contribution is -0.128. The number of rotatable bonds is 8. The summed E-state index contributed by atoms with van der Waals surface area (Å²) in [4.78, 5) is 24.5. The van der Waals surface area contributed by atoms with Gasteiger partial charge in [-0.1, -0.05) is 25.1 Å². The van der Waals surface area contributed by atoms with Gasteiger partial charge in [0.05, 0.1) is 12.1 Å². The number of aromatic carboxylic acids is 1. The molecule has 0 spiro atoms. The second-order valence-corrected chi connectivity index (χ2v) is 4.70. The van der Waals surface area contributed by atoms with Gasteiger partial charge in [-0.25, -0.2) is 4.79 Å². The molecule has 0 unspecified atom stereocenters. The predicted octanol–water partition coefficient (Wildman–Crippen LogP) is 1.39. The largest absolute Gasteiger partial charge is 0.478 e. The first kappa shape index (κ1) is 16.2. The SMILES string of the molecule is CCCNCC(=O)N(C)CCc1ccccc1C(=O)O. The van der Waals surface area contributed by atoms with E-state index < -0.39 is 5.97 Å². The van der Waals surface area contributed by atoms with Crippen LogP contribution < -0.4 is 5.32 Å². The average molecular weight is 278 g/mol. The third kappa shape index (κ3) is 5.01. The number of nitrogens with zero attached hydrogens (tertiary/aromatic N) is 1. The summed E-state index contributed by atoms with van der Waals surface area (Å²) in [5, 5.41) is 12.2. The molecule has 0 aliphatic rings. The van der Waals surface area contributed by atoms with Crippen LogP contribution in [-0.4, -0.2) is 48.6 Å². The molecular formula is C15H22N2O3. The van der Waals surface area contributed by atoms with Crippen LogP contribution >= 0.6 is 0 Å². The Labute approximate surface area is 119 Å². The van der Waals surface area contributed by atoms with Crippen molar-refractivity contribution in [3.63, 3.8) is 0 Å². The third-order valence-electron chi connectivity index (χ3n) is 3.09. The van der Waals surface area contributed by atoms with Gasteiger partial charge in [0.2, 0.25) is 5.91 Å². The van der Waals surface area contributed by atoms with E-state index in [1.807, 2.05) is 13.0 Å². The van der Waals surface area contributed by atoms with Crippen LogP contribution in [0.1, 0.15) is 29.3 Å². The van der Waals surface area contributed by atoms with E-state index in [4.69, 9.17) is 5.11 Å². The van der Waals surface area contributed by atoms with Gasteiger partial charge in [-0.2, -0.15) is 0 Å². The van der Waals surface area contributed by atoms with Gasteiger partial charge in [-0.05, 0) is 31.0 Å². The van der Waals surface area contributed by atoms with Crippen LogP contribution in [0.5, 0.6) is 0 Å². The molecule has 0 radical (unpaired) electrons. The molecule has 110 valence electrons. The smallest absolute Gasteiger partial charge is 0.335 e. The summed E-state index contributed by atoms with van der Waals surface area (Å²) >= 11 is 0. The minimum Gasteiger partial charge on any atom is -0.478 e. The fourth-order valence-corrected chi connectivity index (χ4v) is 1.87. The van der Waals surface area contributed by atoms with Crippen LogP contribution in [0.15, 0.2) is 24.3 Å². The molecule has 0 aliphatic heterocycles. The van der Waals surface area contributed by atoms with Crippen molar-refractivity contribution in [3.05, 3.63) is 35.4 Å². The van der Waals surface area contributed by atoms with Crippen LogP contribution in [0.2, 0.25) is 0 Å². The maximum absolute atomic E-state index is 11.8. The summed E-state index contributed by atoms with van der Waals surface area (Å²) in [6.45, 7) is 3.70. The molecule has 5 nitrogen and oxygen atoms in total. The number of nitrogens with one attached hydrogen (secondary N) is 1. The van der Waals surface area contributed by atoms with E-state index in [0.29, 0.717) is 25.1 Å². The fraction of sp³-hybridized carbons (Fsp3) is 0.467. The van der Waals surface area contributed by atoms with Gasteiger partial charge in [-0.3, -0.25) is 4.79 Å². The number of carbonyl (C=O) groups excluding carboxylic acids is 1. The highest BCUT2D eigenvalue weighted by atomic mass is 16.4. The maximum Gasteiger partial charge on any atom is 0.335 e. The first-order chi connectivity index (χ1) is 9.56. The third-order valence-corrected chi connectivity index (χ3v) is 3.09. The highest BCUT2D eigenvalue weighted by molar-refractivity contribution is 5.89. The fourth-order valence-electron chi connectivity index (χ4n) is 1.87. The van der Waals surface area contributed by atoms with E-state index in [9.17, 15) is 9.59 Å². The Balaban J connectivity index is 2.50. The Morgan fingerprint density at radius 2 is 2.00 bits per heavy atom. The van der Waals surface area contributed by atoms with E-state index in [1.165, 1.54) is 0 Å². The number of hydrogen-bond acceptors (Lipinski definition) is 3. The molecule has 5 heteroatoms. The van der Waals surface area contributed by atoms with Crippen LogP contribution in [0.3, 0.4) is 0 Å². The number of carboxylic acid groups (broad SMARTS) is 1. The minimum atomic E-state index is -0.931. The normalized spacial score (nSPS) is 10.3. The summed E-state index contributed by atoms with van der Waals surface area (Å²) in [6, 6.07) is 6.89. The zero-order chi connectivity index (χ0) is 15.0. The highest BCUT2D eigenvalue weighted by Gasteiger charge is 2.12. The molecule has 20 heavy (non-hydrogen) atoms. The molecule has 1 aromatic rings. The Morgan fingerprint density at radius 3 is 2.65 bits per heavy atom. The number of likely N-dealkylation sites (N-methyl/N-ethyl adjacent to an activating group) is 1. The lowest BCUT2D eigenvalue weighted by atomic mass is 10.0. The summed E-state index contributed by atoms with van der Waals surface area (Å²) in [5.74, 6) is -0.912. The van der Waals surface area contributed by atoms with Gasteiger partial charge in [0.25, 0.3) is 0 Å². The molecule has 0 fully saturated rings. The summed E-state index contributed by atoms with van der Waals surface area (Å²) in [5.41, 5.74) is 1.05. The molecular weight excluding hydrogens is 256 g/mol. The quantitative estimate of drug-likeness (QED) is 0.705. The van der Waals surface area contributed by atoms with Gasteiger partial charge in [-0.15, -0.1) is 0 Å². The van der Waals surface area contributed by atoms with Crippen molar-refractivity contribution in [1.29, 1.82) is 0 Å². The summed E-state index contributed by atoms with van der Waals surface area (Å²) < 4.78 is 0. The molecule has 0 aromatic heterocycles. The predicted molar refractivity (Wildman–Crippen MR) is 77.9 cm³/mol. The van der Waals surface area contributed by atoms with E-state index in [1.54, 1.807) is 30.1 Å². The van der Waals surface area contributed by atoms with Gasteiger partial charge in [0.1, 0.15) is 0 Å². The summed E-state index contributed by atoms with van der Waals surface area (Å²) in [6.07, 6.45) is 1.53. The Bertz CT molecular complexity index is 460. The molecule has 1 aromatic carbocycles. The van der Waals surface area contributed by atoms with Crippen molar-refractivity contribution in [3.8, 4) is 0 Å². The topological polar surface area (TPSA) is 69.6 Å². The molecule has 0 bridgehead atoms. The van der Waals surface area contributed by atoms with E-state index in [-0.39, 0.29) is 5.91 Å². The van der Waals surface area contributed by atoms with Crippen molar-refractivity contribution in [1.82, 2.24) is 10.2 Å². The second-order valence-electron chi connectivity index (χ2n) is 4.70. The first-order valence-corrected chi connectivity index (χ1v) is 6.82. The molecule has 0 saturated carbocycles. The van der Waals surface area contributed by atoms with E-state index >= 15 is 0 Å². The van der Waals surface area contributed by atoms with E-state index in [2.05, 4.69) is 5.32 Å². The average Bonchev–Trinajstić information content (AvgIpc) is 2.45. The lowest BCUT2D eigenvalue weighted by Crippen LogP contribution is -2.37. The number of carbonyl (C=O) groups is 2. The molecule has 0 saturated heterocycles. The molecule has 0 aliphatic carbocycles. The van der Waals surface area contributed by atoms with Crippen molar-refractivity contribution >= 4 is 11.9 Å². The monoisotopic (exact) mass is 278 g/mol. The van der Waals surface area contributed by atoms with Crippen molar-refractivity contribution in [2.75, 3.05) is 26.7 Å². The molecule has 0 atom stereocenters. The van der Waals surface area contributed by atoms with Crippen molar-refractivity contribution < 1.29 is 14.7 Å². The Hall–Kier alpha value is -1.88. The highest BCUT2D eigenvalue weighted by Crippen LogP contribution is 2.10. The molecule has 1 amide bonds.